The number of phenolic OH excluding ortho intramolecular Hbond substituents is 1. The Morgan fingerprint density at radius 1 is 1.14 bits per heavy atom. The second kappa shape index (κ2) is 5.37. The average molecular weight is 299 g/mol. The Labute approximate surface area is 125 Å². The lowest BCUT2D eigenvalue weighted by atomic mass is 10.3. The van der Waals surface area contributed by atoms with Crippen LogP contribution in [-0.4, -0.2) is 20.1 Å². The van der Waals surface area contributed by atoms with Crippen LogP contribution in [0.5, 0.6) is 5.75 Å². The molecule has 0 radical (unpaired) electrons. The number of benzene rings is 1. The highest BCUT2D eigenvalue weighted by molar-refractivity contribution is 7.18. The van der Waals surface area contributed by atoms with Gasteiger partial charge in [0.05, 0.1) is 16.3 Å². The van der Waals surface area contributed by atoms with Gasteiger partial charge >= 0.3 is 0 Å². The summed E-state index contributed by atoms with van der Waals surface area (Å²) in [5.74, 6) is 0.690. The molecule has 0 spiro atoms. The second-order valence-corrected chi connectivity index (χ2v) is 5.43. The van der Waals surface area contributed by atoms with Gasteiger partial charge in [-0.1, -0.05) is 11.3 Å². The third kappa shape index (κ3) is 2.92. The molecule has 106 valence electrons. The summed E-state index contributed by atoms with van der Waals surface area (Å²) >= 11 is 1.40. The summed E-state index contributed by atoms with van der Waals surface area (Å²) in [7, 11) is 0. The number of aromatic nitrogens is 3. The first-order valence-corrected chi connectivity index (χ1v) is 7.06. The van der Waals surface area contributed by atoms with Gasteiger partial charge in [-0.15, -0.1) is 0 Å². The molecule has 0 unspecified atom stereocenters. The Morgan fingerprint density at radius 3 is 2.57 bits per heavy atom. The van der Waals surface area contributed by atoms with E-state index < -0.39 is 0 Å². The first-order valence-electron chi connectivity index (χ1n) is 6.24. The maximum Gasteiger partial charge on any atom is 0.227 e. The molecule has 4 N–H and O–H groups in total. The number of anilines is 3. The first kappa shape index (κ1) is 13.3. The number of hydrogen-bond donors (Lipinski definition) is 3. The normalized spacial score (nSPS) is 10.5. The van der Waals surface area contributed by atoms with Crippen molar-refractivity contribution >= 4 is 28.1 Å². The van der Waals surface area contributed by atoms with E-state index in [0.717, 1.165) is 22.0 Å². The number of rotatable bonds is 3. The van der Waals surface area contributed by atoms with E-state index >= 15 is 0 Å². The summed E-state index contributed by atoms with van der Waals surface area (Å²) in [5.41, 5.74) is 8.14. The summed E-state index contributed by atoms with van der Waals surface area (Å²) < 4.78 is 0. The fourth-order valence-electron chi connectivity index (χ4n) is 1.87. The summed E-state index contributed by atoms with van der Waals surface area (Å²) in [6, 6.07) is 8.52. The number of nitrogens with one attached hydrogen (secondary N) is 1. The molecule has 0 atom stereocenters. The van der Waals surface area contributed by atoms with Crippen molar-refractivity contribution in [3.05, 3.63) is 42.2 Å². The Bertz CT molecular complexity index is 769. The molecule has 3 aromatic rings. The van der Waals surface area contributed by atoms with E-state index in [-0.39, 0.29) is 5.75 Å². The zero-order valence-electron chi connectivity index (χ0n) is 11.2. The van der Waals surface area contributed by atoms with Crippen molar-refractivity contribution in [2.24, 2.45) is 0 Å². The highest BCUT2D eigenvalue weighted by Crippen LogP contribution is 2.30. The lowest BCUT2D eigenvalue weighted by molar-refractivity contribution is 0.475. The molecule has 3 rings (SSSR count). The Morgan fingerprint density at radius 2 is 1.90 bits per heavy atom. The van der Waals surface area contributed by atoms with Gasteiger partial charge in [-0.05, 0) is 37.3 Å². The number of aromatic hydroxyl groups is 1. The van der Waals surface area contributed by atoms with Crippen LogP contribution in [0.25, 0.3) is 10.6 Å². The molecular weight excluding hydrogens is 286 g/mol. The molecule has 0 amide bonds. The molecule has 21 heavy (non-hydrogen) atoms. The summed E-state index contributed by atoms with van der Waals surface area (Å²) in [4.78, 5) is 13.8. The molecule has 0 saturated carbocycles. The minimum atomic E-state index is 0.214. The quantitative estimate of drug-likeness (QED) is 0.643. The SMILES string of the molecule is Cc1nc(N)sc1-c1ccnc(Nc2ccc(O)cc2)n1. The van der Waals surface area contributed by atoms with E-state index in [1.807, 2.05) is 13.0 Å². The monoisotopic (exact) mass is 299 g/mol. The van der Waals surface area contributed by atoms with Crippen LogP contribution in [0.3, 0.4) is 0 Å². The van der Waals surface area contributed by atoms with Crippen LogP contribution in [0.15, 0.2) is 36.5 Å². The van der Waals surface area contributed by atoms with Gasteiger partial charge in [0.1, 0.15) is 5.75 Å². The van der Waals surface area contributed by atoms with Crippen LogP contribution in [0, 0.1) is 6.92 Å². The van der Waals surface area contributed by atoms with Crippen LogP contribution in [0.1, 0.15) is 5.69 Å². The second-order valence-electron chi connectivity index (χ2n) is 4.40. The molecule has 0 fully saturated rings. The summed E-state index contributed by atoms with van der Waals surface area (Å²) in [6.07, 6.45) is 1.68. The molecule has 0 aliphatic carbocycles. The maximum atomic E-state index is 9.27. The van der Waals surface area contributed by atoms with Gasteiger partial charge in [-0.2, -0.15) is 0 Å². The third-order valence-corrected chi connectivity index (χ3v) is 3.83. The van der Waals surface area contributed by atoms with Gasteiger partial charge in [0, 0.05) is 11.9 Å². The third-order valence-electron chi connectivity index (χ3n) is 2.82. The van der Waals surface area contributed by atoms with E-state index in [2.05, 4.69) is 20.3 Å². The molecule has 7 heteroatoms. The van der Waals surface area contributed by atoms with Crippen molar-refractivity contribution in [3.8, 4) is 16.3 Å². The molecule has 0 aliphatic rings. The topological polar surface area (TPSA) is 97.0 Å². The van der Waals surface area contributed by atoms with E-state index in [4.69, 9.17) is 5.73 Å². The maximum absolute atomic E-state index is 9.27. The molecule has 1 aromatic carbocycles. The predicted octanol–water partition coefficient (Wildman–Crippen LogP) is 2.94. The van der Waals surface area contributed by atoms with Crippen LogP contribution < -0.4 is 11.1 Å². The molecule has 2 heterocycles. The van der Waals surface area contributed by atoms with Crippen molar-refractivity contribution in [3.63, 3.8) is 0 Å². The Kier molecular flexibility index (Phi) is 3.41. The largest absolute Gasteiger partial charge is 0.508 e. The van der Waals surface area contributed by atoms with Crippen molar-refractivity contribution in [2.75, 3.05) is 11.1 Å². The zero-order valence-corrected chi connectivity index (χ0v) is 12.1. The molecule has 0 bridgehead atoms. The van der Waals surface area contributed by atoms with Crippen LogP contribution in [0.4, 0.5) is 16.8 Å². The molecule has 6 nitrogen and oxygen atoms in total. The minimum absolute atomic E-state index is 0.214. The number of aryl methyl sites for hydroxylation is 1. The van der Waals surface area contributed by atoms with Crippen molar-refractivity contribution in [1.29, 1.82) is 0 Å². The van der Waals surface area contributed by atoms with Crippen molar-refractivity contribution in [1.82, 2.24) is 15.0 Å². The smallest absolute Gasteiger partial charge is 0.227 e. The molecule has 0 saturated heterocycles. The molecule has 2 aromatic heterocycles. The standard InChI is InChI=1S/C14H13N5OS/c1-8-12(21-13(15)17-8)11-6-7-16-14(19-11)18-9-2-4-10(20)5-3-9/h2-7,20H,1H3,(H2,15,17)(H,16,18,19). The van der Waals surface area contributed by atoms with Crippen molar-refractivity contribution < 1.29 is 5.11 Å². The number of thiazole rings is 1. The van der Waals surface area contributed by atoms with Crippen molar-refractivity contribution in [2.45, 2.75) is 6.92 Å². The van der Waals surface area contributed by atoms with Gasteiger partial charge in [-0.25, -0.2) is 15.0 Å². The van der Waals surface area contributed by atoms with Gasteiger partial charge in [0.25, 0.3) is 0 Å². The van der Waals surface area contributed by atoms with E-state index in [0.29, 0.717) is 11.1 Å². The highest BCUT2D eigenvalue weighted by Gasteiger charge is 2.10. The fraction of sp³-hybridized carbons (Fsp3) is 0.0714. The van der Waals surface area contributed by atoms with Crippen LogP contribution in [0.2, 0.25) is 0 Å². The van der Waals surface area contributed by atoms with E-state index in [1.165, 1.54) is 11.3 Å². The number of phenols is 1. The Balaban J connectivity index is 1.89. The van der Waals surface area contributed by atoms with Crippen LogP contribution in [-0.2, 0) is 0 Å². The predicted molar refractivity (Wildman–Crippen MR) is 83.7 cm³/mol. The lowest BCUT2D eigenvalue weighted by Gasteiger charge is -2.06. The molecular formula is C14H13N5OS. The summed E-state index contributed by atoms with van der Waals surface area (Å²) in [5, 5.41) is 12.9. The Hall–Kier alpha value is -2.67. The molecule has 0 aliphatic heterocycles. The lowest BCUT2D eigenvalue weighted by Crippen LogP contribution is -1.97. The van der Waals surface area contributed by atoms with E-state index in [1.54, 1.807) is 30.5 Å². The number of hydrogen-bond acceptors (Lipinski definition) is 7. The number of nitrogens with zero attached hydrogens (tertiary/aromatic N) is 3. The van der Waals surface area contributed by atoms with E-state index in [9.17, 15) is 5.11 Å². The number of nitrogen functional groups attached to an aromatic ring is 1. The van der Waals surface area contributed by atoms with Gasteiger partial charge in [0.15, 0.2) is 5.13 Å². The average Bonchev–Trinajstić information content (AvgIpc) is 2.81. The van der Waals surface area contributed by atoms with Gasteiger partial charge in [-0.3, -0.25) is 0 Å². The zero-order chi connectivity index (χ0) is 14.8. The first-order chi connectivity index (χ1) is 10.1. The minimum Gasteiger partial charge on any atom is -0.508 e. The fourth-order valence-corrected chi connectivity index (χ4v) is 2.68. The van der Waals surface area contributed by atoms with Crippen LogP contribution >= 0.6 is 11.3 Å². The van der Waals surface area contributed by atoms with Gasteiger partial charge < -0.3 is 16.2 Å². The summed E-state index contributed by atoms with van der Waals surface area (Å²) in [6.45, 7) is 1.90. The number of nitrogens with two attached hydrogens (primary N) is 1. The highest BCUT2D eigenvalue weighted by atomic mass is 32.1. The van der Waals surface area contributed by atoms with Gasteiger partial charge in [0.2, 0.25) is 5.95 Å².